The van der Waals surface area contributed by atoms with Crippen molar-refractivity contribution in [3.8, 4) is 0 Å². The Kier molecular flexibility index (Phi) is 4.39. The van der Waals surface area contributed by atoms with Crippen LogP contribution in [0.25, 0.3) is 0 Å². The molecular weight excluding hydrogens is 225 g/mol. The molecule has 0 bridgehead atoms. The Balaban J connectivity index is 2.61. The van der Waals surface area contributed by atoms with E-state index >= 15 is 0 Å². The Morgan fingerprint density at radius 1 is 1.47 bits per heavy atom. The summed E-state index contributed by atoms with van der Waals surface area (Å²) in [4.78, 5) is 14.1. The highest BCUT2D eigenvalue weighted by molar-refractivity contribution is 6.31. The summed E-state index contributed by atoms with van der Waals surface area (Å²) >= 11 is 0. The first-order valence-electron chi connectivity index (χ1n) is 4.83. The van der Waals surface area contributed by atoms with Crippen LogP contribution in [0, 0.1) is 5.82 Å². The maximum atomic E-state index is 12.6. The first kappa shape index (κ1) is 12.9. The molecule has 0 unspecified atom stereocenters. The number of rotatable bonds is 3. The normalized spacial score (nSPS) is 11.1. The average Bonchev–Trinajstić information content (AvgIpc) is 2.28. The molecule has 0 spiro atoms. The number of carboxylic acids is 1. The lowest BCUT2D eigenvalue weighted by atomic mass is 10.1. The quantitative estimate of drug-likeness (QED) is 0.497. The molecule has 0 aromatic heterocycles. The Hall–Kier alpha value is -2.17. The van der Waals surface area contributed by atoms with Crippen LogP contribution in [0.4, 0.5) is 4.39 Å². The van der Waals surface area contributed by atoms with Gasteiger partial charge in [0.15, 0.2) is 0 Å². The van der Waals surface area contributed by atoms with Crippen molar-refractivity contribution in [3.05, 3.63) is 48.0 Å². The third kappa shape index (κ3) is 4.06. The zero-order chi connectivity index (χ0) is 12.8. The summed E-state index contributed by atoms with van der Waals surface area (Å²) in [6.45, 7) is 3.58. The first-order valence-corrected chi connectivity index (χ1v) is 4.83. The third-order valence-corrected chi connectivity index (χ3v) is 1.94. The monoisotopic (exact) mass is 237 g/mol. The van der Waals surface area contributed by atoms with Gasteiger partial charge in [-0.1, -0.05) is 18.7 Å². The predicted octanol–water partition coefficient (Wildman–Crippen LogP) is 2.01. The van der Waals surface area contributed by atoms with E-state index in [1.54, 1.807) is 12.1 Å². The highest BCUT2D eigenvalue weighted by Crippen LogP contribution is 2.09. The summed E-state index contributed by atoms with van der Waals surface area (Å²) in [5, 5.41) is 8.68. The SMILES string of the molecule is C=C(Cc1ccc(F)cc1)OC(=NC)C(=O)O. The third-order valence-electron chi connectivity index (χ3n) is 1.94. The second-order valence-corrected chi connectivity index (χ2v) is 3.28. The molecule has 0 fully saturated rings. The molecule has 17 heavy (non-hydrogen) atoms. The minimum absolute atomic E-state index is 0.236. The summed E-state index contributed by atoms with van der Waals surface area (Å²) in [5.74, 6) is -1.77. The van der Waals surface area contributed by atoms with E-state index in [2.05, 4.69) is 11.6 Å². The van der Waals surface area contributed by atoms with Gasteiger partial charge in [-0.25, -0.2) is 14.2 Å². The number of aliphatic carboxylic acids is 1. The number of allylic oxidation sites excluding steroid dienone is 1. The molecule has 0 aliphatic heterocycles. The number of aliphatic imine (C=N–C) groups is 1. The summed E-state index contributed by atoms with van der Waals surface area (Å²) in [6.07, 6.45) is 0.298. The van der Waals surface area contributed by atoms with E-state index in [-0.39, 0.29) is 11.6 Å². The van der Waals surface area contributed by atoms with Crippen LogP contribution in [0.1, 0.15) is 5.56 Å². The Morgan fingerprint density at radius 2 is 2.06 bits per heavy atom. The van der Waals surface area contributed by atoms with Crippen molar-refractivity contribution in [2.75, 3.05) is 7.05 Å². The highest BCUT2D eigenvalue weighted by atomic mass is 19.1. The molecular formula is C12H12FNO3. The van der Waals surface area contributed by atoms with E-state index in [0.717, 1.165) is 5.56 Å². The van der Waals surface area contributed by atoms with Crippen LogP contribution in [0.3, 0.4) is 0 Å². The lowest BCUT2D eigenvalue weighted by Gasteiger charge is -2.07. The summed E-state index contributed by atoms with van der Waals surface area (Å²) in [5.41, 5.74) is 0.775. The van der Waals surface area contributed by atoms with Crippen LogP contribution < -0.4 is 0 Å². The van der Waals surface area contributed by atoms with Gasteiger partial charge in [0, 0.05) is 13.5 Å². The van der Waals surface area contributed by atoms with Crippen molar-refractivity contribution < 1.29 is 19.0 Å². The van der Waals surface area contributed by atoms with Gasteiger partial charge in [0.2, 0.25) is 0 Å². The molecule has 4 nitrogen and oxygen atoms in total. The number of halogens is 1. The molecule has 1 aromatic carbocycles. The van der Waals surface area contributed by atoms with Crippen LogP contribution in [-0.4, -0.2) is 24.0 Å². The van der Waals surface area contributed by atoms with Gasteiger partial charge in [0.25, 0.3) is 0 Å². The molecule has 90 valence electrons. The van der Waals surface area contributed by atoms with Crippen LogP contribution in [0.15, 0.2) is 41.6 Å². The van der Waals surface area contributed by atoms with Gasteiger partial charge >= 0.3 is 11.9 Å². The number of carbonyl (C=O) groups is 1. The summed E-state index contributed by atoms with van der Waals surface area (Å²) in [6, 6.07) is 5.78. The molecule has 0 heterocycles. The molecule has 0 aliphatic rings. The number of hydrogen-bond donors (Lipinski definition) is 1. The van der Waals surface area contributed by atoms with Crippen molar-refractivity contribution >= 4 is 11.9 Å². The Labute approximate surface area is 98.1 Å². The van der Waals surface area contributed by atoms with E-state index in [4.69, 9.17) is 9.84 Å². The van der Waals surface area contributed by atoms with Crippen LogP contribution in [0.2, 0.25) is 0 Å². The maximum absolute atomic E-state index is 12.6. The van der Waals surface area contributed by atoms with Crippen molar-refractivity contribution in [2.45, 2.75) is 6.42 Å². The van der Waals surface area contributed by atoms with Crippen molar-refractivity contribution in [2.24, 2.45) is 4.99 Å². The number of ether oxygens (including phenoxy) is 1. The van der Waals surface area contributed by atoms with Crippen molar-refractivity contribution in [3.63, 3.8) is 0 Å². The zero-order valence-electron chi connectivity index (χ0n) is 9.31. The van der Waals surface area contributed by atoms with Crippen LogP contribution in [-0.2, 0) is 16.0 Å². The van der Waals surface area contributed by atoms with Crippen LogP contribution >= 0.6 is 0 Å². The van der Waals surface area contributed by atoms with Gasteiger partial charge in [0.1, 0.15) is 11.6 Å². The number of carboxylic acid groups (broad SMARTS) is 1. The fraction of sp³-hybridized carbons (Fsp3) is 0.167. The van der Waals surface area contributed by atoms with Gasteiger partial charge in [-0.15, -0.1) is 0 Å². The fourth-order valence-electron chi connectivity index (χ4n) is 1.19. The second-order valence-electron chi connectivity index (χ2n) is 3.28. The fourth-order valence-corrected chi connectivity index (χ4v) is 1.19. The average molecular weight is 237 g/mol. The van der Waals surface area contributed by atoms with E-state index in [1.165, 1.54) is 19.2 Å². The van der Waals surface area contributed by atoms with Gasteiger partial charge in [-0.3, -0.25) is 0 Å². The lowest BCUT2D eigenvalue weighted by Crippen LogP contribution is -2.17. The van der Waals surface area contributed by atoms with E-state index in [1.807, 2.05) is 0 Å². The largest absolute Gasteiger partial charge is 0.474 e. The maximum Gasteiger partial charge on any atom is 0.391 e. The molecule has 0 saturated carbocycles. The Morgan fingerprint density at radius 3 is 2.53 bits per heavy atom. The second kappa shape index (κ2) is 5.79. The molecule has 1 aromatic rings. The molecule has 1 rings (SSSR count). The molecule has 5 heteroatoms. The van der Waals surface area contributed by atoms with E-state index in [0.29, 0.717) is 6.42 Å². The minimum atomic E-state index is -1.26. The molecule has 0 radical (unpaired) electrons. The van der Waals surface area contributed by atoms with Gasteiger partial charge in [-0.2, -0.15) is 0 Å². The zero-order valence-corrected chi connectivity index (χ0v) is 9.31. The van der Waals surface area contributed by atoms with Crippen molar-refractivity contribution in [1.82, 2.24) is 0 Å². The van der Waals surface area contributed by atoms with Gasteiger partial charge in [0.05, 0.1) is 0 Å². The number of hydrogen-bond acceptors (Lipinski definition) is 3. The smallest absolute Gasteiger partial charge is 0.391 e. The highest BCUT2D eigenvalue weighted by Gasteiger charge is 2.11. The molecule has 0 amide bonds. The standard InChI is InChI=1S/C12H12FNO3/c1-8(17-11(14-2)12(15)16)7-9-3-5-10(13)6-4-9/h3-6H,1,7H2,2H3,(H,15,16). The predicted molar refractivity (Wildman–Crippen MR) is 61.3 cm³/mol. The van der Waals surface area contributed by atoms with Crippen molar-refractivity contribution in [1.29, 1.82) is 0 Å². The molecule has 1 N–H and O–H groups in total. The Bertz CT molecular complexity index is 451. The van der Waals surface area contributed by atoms with Crippen LogP contribution in [0.5, 0.6) is 0 Å². The molecule has 0 aliphatic carbocycles. The number of benzene rings is 1. The summed E-state index contributed by atoms with van der Waals surface area (Å²) in [7, 11) is 1.31. The topological polar surface area (TPSA) is 58.9 Å². The summed E-state index contributed by atoms with van der Waals surface area (Å²) < 4.78 is 17.6. The minimum Gasteiger partial charge on any atom is -0.474 e. The van der Waals surface area contributed by atoms with Gasteiger partial charge in [-0.05, 0) is 17.7 Å². The van der Waals surface area contributed by atoms with E-state index < -0.39 is 11.9 Å². The molecule has 0 saturated heterocycles. The molecule has 0 atom stereocenters. The first-order chi connectivity index (χ1) is 8.02. The number of nitrogens with zero attached hydrogens (tertiary/aromatic N) is 1. The van der Waals surface area contributed by atoms with Gasteiger partial charge < -0.3 is 9.84 Å². The lowest BCUT2D eigenvalue weighted by molar-refractivity contribution is -0.130. The van der Waals surface area contributed by atoms with E-state index in [9.17, 15) is 9.18 Å².